The molecule has 3 nitrogen and oxygen atoms in total. The molecule has 3 heteroatoms. The van der Waals surface area contributed by atoms with E-state index in [-0.39, 0.29) is 5.41 Å². The molecule has 1 saturated carbocycles. The molecule has 0 atom stereocenters. The van der Waals surface area contributed by atoms with Crippen molar-refractivity contribution in [2.24, 2.45) is 17.1 Å². The van der Waals surface area contributed by atoms with Crippen LogP contribution in [-0.4, -0.2) is 25.5 Å². The Morgan fingerprint density at radius 1 is 1.06 bits per heavy atom. The normalized spacial score (nSPS) is 30.2. The fourth-order valence-corrected chi connectivity index (χ4v) is 2.78. The molecule has 0 aromatic heterocycles. The maximum Gasteiger partial charge on any atom is 0.183 e. The minimum Gasteiger partial charge on any atom is -0.348 e. The zero-order chi connectivity index (χ0) is 11.6. The van der Waals surface area contributed by atoms with Gasteiger partial charge in [0.25, 0.3) is 0 Å². The van der Waals surface area contributed by atoms with E-state index in [4.69, 9.17) is 15.2 Å². The maximum atomic E-state index is 6.02. The fraction of sp³-hybridized carbons (Fsp3) is 1.00. The Kier molecular flexibility index (Phi) is 3.57. The number of nitrogens with two attached hydrogens (primary N) is 1. The summed E-state index contributed by atoms with van der Waals surface area (Å²) in [5.74, 6) is 0.0259. The van der Waals surface area contributed by atoms with Crippen molar-refractivity contribution in [1.29, 1.82) is 0 Å². The lowest BCUT2D eigenvalue weighted by atomic mass is 9.81. The lowest BCUT2D eigenvalue weighted by molar-refractivity contribution is -0.319. The summed E-state index contributed by atoms with van der Waals surface area (Å²) in [6.45, 7) is 6.37. The van der Waals surface area contributed by atoms with Crippen molar-refractivity contribution in [2.75, 3.05) is 19.8 Å². The summed E-state index contributed by atoms with van der Waals surface area (Å²) in [7, 11) is 0. The van der Waals surface area contributed by atoms with Crippen molar-refractivity contribution >= 4 is 0 Å². The molecule has 2 aliphatic rings. The van der Waals surface area contributed by atoms with Gasteiger partial charge in [-0.25, -0.2) is 0 Å². The molecular weight excluding hydrogens is 202 g/mol. The van der Waals surface area contributed by atoms with Gasteiger partial charge < -0.3 is 15.2 Å². The van der Waals surface area contributed by atoms with Crippen molar-refractivity contribution in [3.8, 4) is 0 Å². The topological polar surface area (TPSA) is 44.5 Å². The van der Waals surface area contributed by atoms with E-state index in [2.05, 4.69) is 13.8 Å². The van der Waals surface area contributed by atoms with E-state index in [9.17, 15) is 0 Å². The number of rotatable bonds is 2. The Balaban J connectivity index is 2.02. The van der Waals surface area contributed by atoms with Crippen molar-refractivity contribution in [3.05, 3.63) is 0 Å². The van der Waals surface area contributed by atoms with Gasteiger partial charge in [-0.15, -0.1) is 0 Å². The first-order valence-corrected chi connectivity index (χ1v) is 6.56. The van der Waals surface area contributed by atoms with Crippen LogP contribution in [0.2, 0.25) is 0 Å². The summed E-state index contributed by atoms with van der Waals surface area (Å²) < 4.78 is 12.0. The minimum atomic E-state index is -0.476. The van der Waals surface area contributed by atoms with E-state index in [1.807, 2.05) is 0 Å². The van der Waals surface area contributed by atoms with Gasteiger partial charge >= 0.3 is 0 Å². The summed E-state index contributed by atoms with van der Waals surface area (Å²) in [6.07, 6.45) is 6.35. The second-order valence-corrected chi connectivity index (χ2v) is 6.09. The fourth-order valence-electron chi connectivity index (χ4n) is 2.78. The molecule has 0 unspecified atom stereocenters. The van der Waals surface area contributed by atoms with Crippen LogP contribution in [0.25, 0.3) is 0 Å². The lowest BCUT2D eigenvalue weighted by Crippen LogP contribution is -2.56. The first-order valence-electron chi connectivity index (χ1n) is 6.56. The van der Waals surface area contributed by atoms with E-state index in [1.165, 1.54) is 32.1 Å². The molecular formula is C13H25NO2. The molecule has 1 aliphatic heterocycles. The molecule has 94 valence electrons. The van der Waals surface area contributed by atoms with Crippen LogP contribution in [0, 0.1) is 11.3 Å². The second kappa shape index (κ2) is 4.63. The molecule has 0 spiro atoms. The molecule has 0 amide bonds. The molecule has 16 heavy (non-hydrogen) atoms. The average Bonchev–Trinajstić information content (AvgIpc) is 2.31. The number of hydrogen-bond acceptors (Lipinski definition) is 3. The number of hydrogen-bond donors (Lipinski definition) is 1. The monoisotopic (exact) mass is 227 g/mol. The Morgan fingerprint density at radius 3 is 2.12 bits per heavy atom. The second-order valence-electron chi connectivity index (χ2n) is 6.09. The van der Waals surface area contributed by atoms with Crippen molar-refractivity contribution < 1.29 is 9.47 Å². The standard InChI is InChI=1S/C13H25NO2/c1-12(2)9-15-13(8-14,16-10-12)11-6-4-3-5-7-11/h11H,3-10,14H2,1-2H3. The summed E-state index contributed by atoms with van der Waals surface area (Å²) in [6, 6.07) is 0. The quantitative estimate of drug-likeness (QED) is 0.787. The third-order valence-corrected chi connectivity index (χ3v) is 3.93. The third kappa shape index (κ3) is 2.41. The van der Waals surface area contributed by atoms with Gasteiger partial charge in [-0.05, 0) is 12.8 Å². The van der Waals surface area contributed by atoms with Crippen molar-refractivity contribution in [1.82, 2.24) is 0 Å². The van der Waals surface area contributed by atoms with Gasteiger partial charge in [0, 0.05) is 17.9 Å². The summed E-state index contributed by atoms with van der Waals surface area (Å²) in [5.41, 5.74) is 6.04. The van der Waals surface area contributed by atoms with E-state index in [0.717, 1.165) is 13.2 Å². The highest BCUT2D eigenvalue weighted by Crippen LogP contribution is 2.40. The van der Waals surface area contributed by atoms with Crippen LogP contribution >= 0.6 is 0 Å². The lowest BCUT2D eigenvalue weighted by Gasteiger charge is -2.48. The predicted octanol–water partition coefficient (Wildman–Crippen LogP) is 2.29. The molecule has 2 N–H and O–H groups in total. The largest absolute Gasteiger partial charge is 0.348 e. The molecule has 0 bridgehead atoms. The zero-order valence-electron chi connectivity index (χ0n) is 10.6. The van der Waals surface area contributed by atoms with Gasteiger partial charge in [-0.2, -0.15) is 0 Å². The van der Waals surface area contributed by atoms with Gasteiger partial charge in [0.15, 0.2) is 5.79 Å². The van der Waals surface area contributed by atoms with E-state index >= 15 is 0 Å². The smallest absolute Gasteiger partial charge is 0.183 e. The summed E-state index contributed by atoms with van der Waals surface area (Å²) >= 11 is 0. The molecule has 2 rings (SSSR count). The molecule has 1 saturated heterocycles. The number of ether oxygens (including phenoxy) is 2. The first kappa shape index (κ1) is 12.3. The van der Waals surface area contributed by atoms with Gasteiger partial charge in [0.1, 0.15) is 0 Å². The van der Waals surface area contributed by atoms with Gasteiger partial charge in [0.05, 0.1) is 13.2 Å². The van der Waals surface area contributed by atoms with Crippen molar-refractivity contribution in [2.45, 2.75) is 51.7 Å². The van der Waals surface area contributed by atoms with Crippen LogP contribution in [0.15, 0.2) is 0 Å². The SMILES string of the molecule is CC1(C)COC(CN)(C2CCCCC2)OC1. The zero-order valence-corrected chi connectivity index (χ0v) is 10.6. The molecule has 0 aromatic rings. The third-order valence-electron chi connectivity index (χ3n) is 3.93. The van der Waals surface area contributed by atoms with Crippen LogP contribution < -0.4 is 5.73 Å². The minimum absolute atomic E-state index is 0.132. The Bertz CT molecular complexity index is 224. The van der Waals surface area contributed by atoms with Gasteiger partial charge in [-0.3, -0.25) is 0 Å². The molecule has 1 aliphatic carbocycles. The molecule has 1 heterocycles. The summed E-state index contributed by atoms with van der Waals surface area (Å²) in [4.78, 5) is 0. The summed E-state index contributed by atoms with van der Waals surface area (Å²) in [5, 5.41) is 0. The van der Waals surface area contributed by atoms with E-state index in [1.54, 1.807) is 0 Å². The van der Waals surface area contributed by atoms with Crippen molar-refractivity contribution in [3.63, 3.8) is 0 Å². The van der Waals surface area contributed by atoms with Crippen LogP contribution in [-0.2, 0) is 9.47 Å². The maximum absolute atomic E-state index is 6.02. The van der Waals surface area contributed by atoms with Crippen LogP contribution in [0.3, 0.4) is 0 Å². The molecule has 2 fully saturated rings. The van der Waals surface area contributed by atoms with E-state index in [0.29, 0.717) is 12.5 Å². The molecule has 0 aromatic carbocycles. The van der Waals surface area contributed by atoms with Gasteiger partial charge in [0.2, 0.25) is 0 Å². The highest BCUT2D eigenvalue weighted by atomic mass is 16.7. The van der Waals surface area contributed by atoms with Crippen LogP contribution in [0.1, 0.15) is 46.0 Å². The van der Waals surface area contributed by atoms with Crippen LogP contribution in [0.4, 0.5) is 0 Å². The average molecular weight is 227 g/mol. The van der Waals surface area contributed by atoms with Crippen LogP contribution in [0.5, 0.6) is 0 Å². The highest BCUT2D eigenvalue weighted by Gasteiger charge is 2.45. The Morgan fingerprint density at radius 2 is 1.62 bits per heavy atom. The predicted molar refractivity (Wildman–Crippen MR) is 64.0 cm³/mol. The first-order chi connectivity index (χ1) is 7.58. The molecule has 0 radical (unpaired) electrons. The Labute approximate surface area is 98.7 Å². The Hall–Kier alpha value is -0.120. The van der Waals surface area contributed by atoms with Gasteiger partial charge in [-0.1, -0.05) is 33.1 Å². The highest BCUT2D eigenvalue weighted by molar-refractivity contribution is 4.88. The van der Waals surface area contributed by atoms with E-state index < -0.39 is 5.79 Å².